The molecular weight excluding hydrogens is 506 g/mol. The second-order valence-electron chi connectivity index (χ2n) is 10.0. The Balaban J connectivity index is 1.55. The van der Waals surface area contributed by atoms with Crippen molar-refractivity contribution in [3.05, 3.63) is 75.6 Å². The van der Waals surface area contributed by atoms with Gasteiger partial charge in [0.2, 0.25) is 5.78 Å². The van der Waals surface area contributed by atoms with E-state index in [1.807, 2.05) is 0 Å². The lowest BCUT2D eigenvalue weighted by Gasteiger charge is -2.46. The molecule has 0 aromatic heterocycles. The first-order valence-corrected chi connectivity index (χ1v) is 12.3. The third-order valence-corrected chi connectivity index (χ3v) is 7.92. The fraction of sp³-hybridized carbons (Fsp3) is 0.276. The summed E-state index contributed by atoms with van der Waals surface area (Å²) in [5.74, 6) is -6.28. The van der Waals surface area contributed by atoms with E-state index in [1.54, 1.807) is 36.4 Å². The first-order chi connectivity index (χ1) is 18.5. The first-order valence-electron chi connectivity index (χ1n) is 12.3. The van der Waals surface area contributed by atoms with Crippen LogP contribution in [-0.2, 0) is 27.2 Å². The summed E-state index contributed by atoms with van der Waals surface area (Å²) in [5, 5.41) is 54.1. The molecule has 0 heterocycles. The van der Waals surface area contributed by atoms with E-state index in [4.69, 9.17) is 10.5 Å². The van der Waals surface area contributed by atoms with E-state index in [0.717, 1.165) is 0 Å². The quantitative estimate of drug-likeness (QED) is 0.314. The van der Waals surface area contributed by atoms with E-state index in [0.29, 0.717) is 28.9 Å². The van der Waals surface area contributed by atoms with Crippen LogP contribution in [0.5, 0.6) is 17.2 Å². The third-order valence-electron chi connectivity index (χ3n) is 7.92. The fourth-order valence-corrected chi connectivity index (χ4v) is 6.01. The van der Waals surface area contributed by atoms with Crippen LogP contribution in [0.1, 0.15) is 35.1 Å². The van der Waals surface area contributed by atoms with Crippen LogP contribution in [0, 0.1) is 11.8 Å². The predicted molar refractivity (Wildman–Crippen MR) is 139 cm³/mol. The molecule has 1 fully saturated rings. The predicted octanol–water partition coefficient (Wildman–Crippen LogP) is 2.39. The number of Topliss-reactive ketones (excluding diaryl/α,β-unsaturated/α-hetero) is 2. The molecule has 3 aliphatic carbocycles. The number of amides is 1. The number of benzene rings is 2. The second-order valence-corrected chi connectivity index (χ2v) is 10.0. The topological polar surface area (TPSA) is 188 Å². The number of fused-ring (bicyclic) bond motifs is 3. The maximum absolute atomic E-state index is 13.6. The Hall–Kier alpha value is -4.57. The van der Waals surface area contributed by atoms with Crippen molar-refractivity contribution in [1.29, 1.82) is 0 Å². The Morgan fingerprint density at radius 1 is 1.13 bits per heavy atom. The van der Waals surface area contributed by atoms with Crippen LogP contribution in [-0.4, -0.2) is 55.7 Å². The molecular formula is C29H27NO9. The minimum Gasteiger partial charge on any atom is -0.508 e. The van der Waals surface area contributed by atoms with E-state index in [9.17, 15) is 39.9 Å². The van der Waals surface area contributed by atoms with Crippen molar-refractivity contribution in [2.24, 2.45) is 17.6 Å². The SMILES string of the molecule is COc1cccc(C/C=C\c2ccc(O)c3c2CC2C[C@H]4CC(=O)C(C(N)=O)=C(O)[C@@]4(O)C(=O)C2=C3O)c1O. The summed E-state index contributed by atoms with van der Waals surface area (Å²) in [6.45, 7) is 0. The van der Waals surface area contributed by atoms with Crippen LogP contribution in [0.2, 0.25) is 0 Å². The van der Waals surface area contributed by atoms with Crippen LogP contribution in [0.25, 0.3) is 11.8 Å². The maximum Gasteiger partial charge on any atom is 0.255 e. The van der Waals surface area contributed by atoms with Gasteiger partial charge in [0.15, 0.2) is 22.9 Å². The van der Waals surface area contributed by atoms with E-state index in [-0.39, 0.29) is 41.9 Å². The molecule has 3 aliphatic rings. The molecule has 39 heavy (non-hydrogen) atoms. The molecule has 0 bridgehead atoms. The van der Waals surface area contributed by atoms with Crippen LogP contribution in [0.4, 0.5) is 0 Å². The second kappa shape index (κ2) is 9.32. The summed E-state index contributed by atoms with van der Waals surface area (Å²) in [6.07, 6.45) is 3.81. The number of phenols is 2. The molecule has 1 saturated carbocycles. The molecule has 0 aliphatic heterocycles. The van der Waals surface area contributed by atoms with Crippen LogP contribution < -0.4 is 10.5 Å². The third kappa shape index (κ3) is 3.87. The highest BCUT2D eigenvalue weighted by Gasteiger charge is 2.60. The Kier molecular flexibility index (Phi) is 6.22. The molecule has 5 rings (SSSR count). The number of aromatic hydroxyl groups is 2. The normalized spacial score (nSPS) is 24.5. The van der Waals surface area contributed by atoms with Crippen LogP contribution in [0.3, 0.4) is 0 Å². The van der Waals surface area contributed by atoms with Crippen molar-refractivity contribution in [3.63, 3.8) is 0 Å². The zero-order valence-electron chi connectivity index (χ0n) is 21.0. The van der Waals surface area contributed by atoms with Gasteiger partial charge in [-0.2, -0.15) is 0 Å². The zero-order chi connectivity index (χ0) is 28.2. The smallest absolute Gasteiger partial charge is 0.255 e. The number of phenolic OH excluding ortho intramolecular Hbond substituents is 2. The number of carbonyl (C=O) groups is 3. The Labute approximate surface area is 223 Å². The van der Waals surface area contributed by atoms with Crippen LogP contribution >= 0.6 is 0 Å². The Morgan fingerprint density at radius 3 is 2.56 bits per heavy atom. The summed E-state index contributed by atoms with van der Waals surface area (Å²) in [4.78, 5) is 37.8. The summed E-state index contributed by atoms with van der Waals surface area (Å²) < 4.78 is 5.14. The van der Waals surface area contributed by atoms with Gasteiger partial charge in [0.05, 0.1) is 12.7 Å². The standard InChI is InChI=1S/C29H27NO9/c1-39-20-7-3-6-14(24(20)33)5-2-4-13-8-9-18(31)22-17(13)11-15-10-16-12-19(32)23(28(30)37)27(36)29(16,38)26(35)21(15)25(22)34/h2-4,6-9,15-16,31,33-34,36,38H,5,10-12H2,1H3,(H2,30,37)/b4-2-/t15?,16-,29-/m0/s1. The highest BCUT2D eigenvalue weighted by atomic mass is 16.5. The van der Waals surface area contributed by atoms with Gasteiger partial charge < -0.3 is 36.0 Å². The van der Waals surface area contributed by atoms with Crippen LogP contribution in [0.15, 0.2) is 53.3 Å². The zero-order valence-corrected chi connectivity index (χ0v) is 21.0. The number of methoxy groups -OCH3 is 1. The summed E-state index contributed by atoms with van der Waals surface area (Å²) in [7, 11) is 1.46. The number of para-hydroxylation sites is 1. The number of ketones is 2. The number of allylic oxidation sites excluding steroid dienone is 1. The summed E-state index contributed by atoms with van der Waals surface area (Å²) >= 11 is 0. The molecule has 0 saturated heterocycles. The maximum atomic E-state index is 13.6. The number of hydrogen-bond donors (Lipinski definition) is 6. The monoisotopic (exact) mass is 533 g/mol. The molecule has 7 N–H and O–H groups in total. The molecule has 3 atom stereocenters. The number of rotatable bonds is 5. The lowest BCUT2D eigenvalue weighted by Crippen LogP contribution is -2.58. The molecule has 2 aromatic carbocycles. The highest BCUT2D eigenvalue weighted by molar-refractivity contribution is 6.22. The van der Waals surface area contributed by atoms with Crippen molar-refractivity contribution >= 4 is 29.3 Å². The average molecular weight is 534 g/mol. The number of primary amides is 1. The van der Waals surface area contributed by atoms with Crippen molar-refractivity contribution in [1.82, 2.24) is 0 Å². The molecule has 202 valence electrons. The van der Waals surface area contributed by atoms with Gasteiger partial charge in [-0.1, -0.05) is 30.4 Å². The molecule has 0 spiro atoms. The Morgan fingerprint density at radius 2 is 1.87 bits per heavy atom. The number of carbonyl (C=O) groups excluding carboxylic acids is 3. The number of aliphatic hydroxyl groups excluding tert-OH is 2. The van der Waals surface area contributed by atoms with Gasteiger partial charge in [0, 0.05) is 23.5 Å². The van der Waals surface area contributed by atoms with E-state index in [2.05, 4.69) is 0 Å². The number of hydrogen-bond acceptors (Lipinski definition) is 9. The van der Waals surface area contributed by atoms with Gasteiger partial charge in [-0.05, 0) is 48.4 Å². The molecule has 2 aromatic rings. The van der Waals surface area contributed by atoms with Crippen molar-refractivity contribution in [2.75, 3.05) is 7.11 Å². The number of ether oxygens (including phenoxy) is 1. The summed E-state index contributed by atoms with van der Waals surface area (Å²) in [5.41, 5.74) is 3.47. The van der Waals surface area contributed by atoms with Crippen molar-refractivity contribution < 1.29 is 44.7 Å². The van der Waals surface area contributed by atoms with Gasteiger partial charge in [-0.15, -0.1) is 0 Å². The molecule has 1 unspecified atom stereocenters. The van der Waals surface area contributed by atoms with Gasteiger partial charge >= 0.3 is 0 Å². The molecule has 10 heteroatoms. The summed E-state index contributed by atoms with van der Waals surface area (Å²) in [6, 6.07) is 8.18. The lowest BCUT2D eigenvalue weighted by atomic mass is 9.59. The molecule has 1 amide bonds. The van der Waals surface area contributed by atoms with E-state index < -0.39 is 52.0 Å². The van der Waals surface area contributed by atoms with Gasteiger partial charge in [-0.3, -0.25) is 14.4 Å². The molecule has 10 nitrogen and oxygen atoms in total. The van der Waals surface area contributed by atoms with Crippen molar-refractivity contribution in [2.45, 2.75) is 31.3 Å². The average Bonchev–Trinajstić information content (AvgIpc) is 2.88. The highest BCUT2D eigenvalue weighted by Crippen LogP contribution is 2.52. The van der Waals surface area contributed by atoms with E-state index in [1.165, 1.54) is 13.2 Å². The van der Waals surface area contributed by atoms with Crippen molar-refractivity contribution in [3.8, 4) is 17.2 Å². The lowest BCUT2D eigenvalue weighted by molar-refractivity contribution is -0.147. The first kappa shape index (κ1) is 26.1. The molecule has 0 radical (unpaired) electrons. The largest absolute Gasteiger partial charge is 0.508 e. The fourth-order valence-electron chi connectivity index (χ4n) is 6.01. The number of aliphatic hydroxyl groups is 3. The minimum absolute atomic E-state index is 0.0218. The van der Waals surface area contributed by atoms with Gasteiger partial charge in [0.25, 0.3) is 5.91 Å². The van der Waals surface area contributed by atoms with E-state index >= 15 is 0 Å². The van der Waals surface area contributed by atoms with Gasteiger partial charge in [-0.25, -0.2) is 0 Å². The number of nitrogens with two attached hydrogens (primary N) is 1. The van der Waals surface area contributed by atoms with Gasteiger partial charge in [0.1, 0.15) is 22.8 Å². The Bertz CT molecular complexity index is 1530. The minimum atomic E-state index is -2.60.